The molecule has 0 fully saturated rings. The normalized spacial score (nSPS) is 20.6. The van der Waals surface area contributed by atoms with E-state index in [0.717, 1.165) is 11.1 Å². The zero-order valence-corrected chi connectivity index (χ0v) is 13.2. The maximum atomic E-state index is 14.3. The summed E-state index contributed by atoms with van der Waals surface area (Å²) in [5.74, 6) is -0.816. The van der Waals surface area contributed by atoms with Crippen LogP contribution in [0.5, 0.6) is 5.75 Å². The molecule has 1 aliphatic rings. The molecule has 0 saturated heterocycles. The average Bonchev–Trinajstić information content (AvgIpc) is 2.46. The third-order valence-corrected chi connectivity index (χ3v) is 4.13. The first-order valence-corrected chi connectivity index (χ1v) is 7.51. The van der Waals surface area contributed by atoms with Gasteiger partial charge < -0.3 is 9.47 Å². The standard InChI is InChI=1S/C18H16F4O2/c1-10-7-13-9-23-17(11(2)16(13)15(19)8-10)12-3-5-14(6-4-12)24-18(20,21)22/h3-8,11,17H,9H2,1-2H3. The van der Waals surface area contributed by atoms with Crippen molar-refractivity contribution in [2.45, 2.75) is 38.8 Å². The molecule has 0 N–H and O–H groups in total. The summed E-state index contributed by atoms with van der Waals surface area (Å²) in [6, 6.07) is 8.88. The number of fused-ring (bicyclic) bond motifs is 1. The molecule has 1 heterocycles. The third-order valence-electron chi connectivity index (χ3n) is 4.13. The molecule has 2 nitrogen and oxygen atoms in total. The second kappa shape index (κ2) is 6.09. The van der Waals surface area contributed by atoms with Gasteiger partial charge in [0.2, 0.25) is 0 Å². The topological polar surface area (TPSA) is 18.5 Å². The summed E-state index contributed by atoms with van der Waals surface area (Å²) in [4.78, 5) is 0. The minimum atomic E-state index is -4.73. The van der Waals surface area contributed by atoms with Crippen molar-refractivity contribution in [2.24, 2.45) is 0 Å². The van der Waals surface area contributed by atoms with E-state index >= 15 is 0 Å². The maximum Gasteiger partial charge on any atom is 0.573 e. The van der Waals surface area contributed by atoms with Crippen LogP contribution in [0, 0.1) is 12.7 Å². The Kier molecular flexibility index (Phi) is 4.25. The smallest absolute Gasteiger partial charge is 0.406 e. The highest BCUT2D eigenvalue weighted by Gasteiger charge is 2.33. The van der Waals surface area contributed by atoms with Crippen molar-refractivity contribution in [3.63, 3.8) is 0 Å². The van der Waals surface area contributed by atoms with Gasteiger partial charge in [0.25, 0.3) is 0 Å². The molecule has 0 amide bonds. The van der Waals surface area contributed by atoms with Crippen LogP contribution < -0.4 is 4.74 Å². The Labute approximate surface area is 137 Å². The molecule has 3 rings (SSSR count). The summed E-state index contributed by atoms with van der Waals surface area (Å²) in [6.45, 7) is 3.93. The number of hydrogen-bond donors (Lipinski definition) is 0. The molecule has 0 bridgehead atoms. The fourth-order valence-corrected chi connectivity index (χ4v) is 3.17. The lowest BCUT2D eigenvalue weighted by Gasteiger charge is -2.32. The lowest BCUT2D eigenvalue weighted by atomic mass is 9.84. The summed E-state index contributed by atoms with van der Waals surface area (Å²) >= 11 is 0. The predicted octanol–water partition coefficient (Wildman–Crippen LogP) is 5.41. The zero-order valence-electron chi connectivity index (χ0n) is 13.2. The van der Waals surface area contributed by atoms with Crippen molar-refractivity contribution in [3.05, 3.63) is 64.5 Å². The van der Waals surface area contributed by atoms with Crippen LogP contribution in [0.1, 0.15) is 41.2 Å². The lowest BCUT2D eigenvalue weighted by molar-refractivity contribution is -0.274. The summed E-state index contributed by atoms with van der Waals surface area (Å²) in [6.07, 6.45) is -5.15. The summed E-state index contributed by atoms with van der Waals surface area (Å²) < 4.78 is 60.6. The van der Waals surface area contributed by atoms with E-state index in [1.165, 1.54) is 30.3 Å². The SMILES string of the molecule is Cc1cc(F)c2c(c1)COC(c1ccc(OC(F)(F)F)cc1)C2C. The molecule has 0 saturated carbocycles. The Morgan fingerprint density at radius 2 is 1.79 bits per heavy atom. The molecule has 2 atom stereocenters. The highest BCUT2D eigenvalue weighted by Crippen LogP contribution is 2.42. The first-order chi connectivity index (χ1) is 11.2. The van der Waals surface area contributed by atoms with Gasteiger partial charge in [-0.1, -0.05) is 25.1 Å². The van der Waals surface area contributed by atoms with Crippen LogP contribution in [0.4, 0.5) is 17.6 Å². The fourth-order valence-electron chi connectivity index (χ4n) is 3.17. The van der Waals surface area contributed by atoms with Crippen LogP contribution in [-0.4, -0.2) is 6.36 Å². The van der Waals surface area contributed by atoms with Crippen molar-refractivity contribution in [2.75, 3.05) is 0 Å². The van der Waals surface area contributed by atoms with Crippen LogP contribution in [0.25, 0.3) is 0 Å². The zero-order chi connectivity index (χ0) is 17.5. The van der Waals surface area contributed by atoms with E-state index in [2.05, 4.69) is 4.74 Å². The molecule has 2 aromatic carbocycles. The predicted molar refractivity (Wildman–Crippen MR) is 80.2 cm³/mol. The summed E-state index contributed by atoms with van der Waals surface area (Å²) in [7, 11) is 0. The molecule has 0 aromatic heterocycles. The van der Waals surface area contributed by atoms with Crippen LogP contribution in [0.3, 0.4) is 0 Å². The van der Waals surface area contributed by atoms with E-state index in [0.29, 0.717) is 11.1 Å². The highest BCUT2D eigenvalue weighted by atomic mass is 19.4. The molecule has 0 spiro atoms. The van der Waals surface area contributed by atoms with Gasteiger partial charge in [-0.2, -0.15) is 0 Å². The minimum Gasteiger partial charge on any atom is -0.406 e. The van der Waals surface area contributed by atoms with Crippen molar-refractivity contribution in [1.82, 2.24) is 0 Å². The number of rotatable bonds is 2. The van der Waals surface area contributed by atoms with E-state index < -0.39 is 12.5 Å². The largest absolute Gasteiger partial charge is 0.573 e. The van der Waals surface area contributed by atoms with E-state index in [1.807, 2.05) is 19.9 Å². The van der Waals surface area contributed by atoms with Gasteiger partial charge in [-0.25, -0.2) is 4.39 Å². The van der Waals surface area contributed by atoms with Crippen molar-refractivity contribution in [1.29, 1.82) is 0 Å². The number of ether oxygens (including phenoxy) is 2. The van der Waals surface area contributed by atoms with Gasteiger partial charge in [-0.3, -0.25) is 0 Å². The van der Waals surface area contributed by atoms with Gasteiger partial charge in [0.05, 0.1) is 12.7 Å². The number of hydrogen-bond acceptors (Lipinski definition) is 2. The van der Waals surface area contributed by atoms with Gasteiger partial charge in [0, 0.05) is 5.92 Å². The van der Waals surface area contributed by atoms with Gasteiger partial charge in [0.15, 0.2) is 0 Å². The third kappa shape index (κ3) is 3.38. The molecule has 2 aromatic rings. The number of benzene rings is 2. The number of alkyl halides is 3. The lowest BCUT2D eigenvalue weighted by Crippen LogP contribution is -2.21. The molecule has 2 unspecified atom stereocenters. The monoisotopic (exact) mass is 340 g/mol. The van der Waals surface area contributed by atoms with Gasteiger partial charge in [0.1, 0.15) is 11.6 Å². The Morgan fingerprint density at radius 3 is 2.42 bits per heavy atom. The highest BCUT2D eigenvalue weighted by molar-refractivity contribution is 5.39. The molecule has 6 heteroatoms. The van der Waals surface area contributed by atoms with Gasteiger partial charge >= 0.3 is 6.36 Å². The molecular weight excluding hydrogens is 324 g/mol. The maximum absolute atomic E-state index is 14.3. The Balaban J connectivity index is 1.86. The Morgan fingerprint density at radius 1 is 1.12 bits per heavy atom. The van der Waals surface area contributed by atoms with Crippen LogP contribution in [0.2, 0.25) is 0 Å². The molecule has 0 aliphatic carbocycles. The van der Waals surface area contributed by atoms with Crippen molar-refractivity contribution < 1.29 is 27.0 Å². The van der Waals surface area contributed by atoms with Gasteiger partial charge in [-0.15, -0.1) is 13.2 Å². The summed E-state index contributed by atoms with van der Waals surface area (Å²) in [5.41, 5.74) is 2.93. The first-order valence-electron chi connectivity index (χ1n) is 7.51. The molecule has 0 radical (unpaired) electrons. The molecule has 128 valence electrons. The summed E-state index contributed by atoms with van der Waals surface area (Å²) in [5, 5.41) is 0. The van der Waals surface area contributed by atoms with Crippen LogP contribution >= 0.6 is 0 Å². The molecular formula is C18H16F4O2. The fraction of sp³-hybridized carbons (Fsp3) is 0.333. The second-order valence-corrected chi connectivity index (χ2v) is 5.96. The van der Waals surface area contributed by atoms with E-state index in [-0.39, 0.29) is 24.1 Å². The molecule has 24 heavy (non-hydrogen) atoms. The Bertz CT molecular complexity index is 738. The van der Waals surface area contributed by atoms with E-state index in [4.69, 9.17) is 4.74 Å². The average molecular weight is 340 g/mol. The molecule has 1 aliphatic heterocycles. The van der Waals surface area contributed by atoms with Gasteiger partial charge in [-0.05, 0) is 47.4 Å². The van der Waals surface area contributed by atoms with E-state index in [9.17, 15) is 17.6 Å². The van der Waals surface area contributed by atoms with Crippen LogP contribution in [-0.2, 0) is 11.3 Å². The van der Waals surface area contributed by atoms with E-state index in [1.54, 1.807) is 0 Å². The Hall–Kier alpha value is -2.08. The minimum absolute atomic E-state index is 0.247. The number of halogens is 4. The first kappa shape index (κ1) is 16.8. The van der Waals surface area contributed by atoms with Crippen molar-refractivity contribution >= 4 is 0 Å². The van der Waals surface area contributed by atoms with Crippen LogP contribution in [0.15, 0.2) is 36.4 Å². The number of aryl methyl sites for hydroxylation is 1. The second-order valence-electron chi connectivity index (χ2n) is 5.96. The van der Waals surface area contributed by atoms with Crippen molar-refractivity contribution in [3.8, 4) is 5.75 Å². The quantitative estimate of drug-likeness (QED) is 0.681.